The first kappa shape index (κ1) is 16.4. The molecule has 1 aliphatic carbocycles. The fourth-order valence-corrected chi connectivity index (χ4v) is 2.74. The molecule has 0 aromatic carbocycles. The lowest BCUT2D eigenvalue weighted by atomic mass is 9.78. The molecule has 120 valence electrons. The van der Waals surface area contributed by atoms with Crippen LogP contribution < -0.4 is 5.32 Å². The van der Waals surface area contributed by atoms with Gasteiger partial charge in [-0.2, -0.15) is 0 Å². The highest BCUT2D eigenvalue weighted by atomic mass is 16.5. The van der Waals surface area contributed by atoms with Gasteiger partial charge in [0.2, 0.25) is 0 Å². The fraction of sp³-hybridized carbons (Fsp3) is 0.625. The molecule has 1 fully saturated rings. The molecule has 1 heterocycles. The van der Waals surface area contributed by atoms with Crippen molar-refractivity contribution in [2.75, 3.05) is 6.61 Å². The molecule has 6 nitrogen and oxygen atoms in total. The molecule has 22 heavy (non-hydrogen) atoms. The van der Waals surface area contributed by atoms with E-state index in [1.165, 1.54) is 18.8 Å². The molecule has 0 saturated heterocycles. The van der Waals surface area contributed by atoms with E-state index >= 15 is 0 Å². The van der Waals surface area contributed by atoms with Crippen LogP contribution in [0.25, 0.3) is 0 Å². The Morgan fingerprint density at radius 2 is 2.05 bits per heavy atom. The van der Waals surface area contributed by atoms with Gasteiger partial charge in [-0.05, 0) is 25.2 Å². The molecule has 1 saturated carbocycles. The van der Waals surface area contributed by atoms with E-state index in [1.54, 1.807) is 6.92 Å². The van der Waals surface area contributed by atoms with Crippen molar-refractivity contribution in [3.63, 3.8) is 0 Å². The van der Waals surface area contributed by atoms with Crippen LogP contribution in [0.2, 0.25) is 0 Å². The lowest BCUT2D eigenvalue weighted by Gasteiger charge is -2.34. The van der Waals surface area contributed by atoms with E-state index in [0.717, 1.165) is 18.5 Å². The quantitative estimate of drug-likeness (QED) is 0.859. The highest BCUT2D eigenvalue weighted by Gasteiger charge is 2.28. The Bertz CT molecular complexity index is 530. The normalized spacial score (nSPS) is 24.6. The average molecular weight is 305 g/mol. The third-order valence-corrected chi connectivity index (χ3v) is 4.38. The van der Waals surface area contributed by atoms with Crippen molar-refractivity contribution >= 4 is 11.9 Å². The van der Waals surface area contributed by atoms with E-state index in [2.05, 4.69) is 29.1 Å². The van der Waals surface area contributed by atoms with Crippen LogP contribution in [0.4, 0.5) is 0 Å². The van der Waals surface area contributed by atoms with Crippen molar-refractivity contribution in [3.05, 3.63) is 23.8 Å². The van der Waals surface area contributed by atoms with Crippen molar-refractivity contribution in [1.82, 2.24) is 15.3 Å². The van der Waals surface area contributed by atoms with Gasteiger partial charge in [0.15, 0.2) is 12.3 Å². The minimum absolute atomic E-state index is 0.109. The van der Waals surface area contributed by atoms with Gasteiger partial charge in [0.05, 0.1) is 11.9 Å². The molecule has 0 aliphatic heterocycles. The number of aromatic nitrogens is 2. The van der Waals surface area contributed by atoms with Gasteiger partial charge in [0, 0.05) is 12.2 Å². The summed E-state index contributed by atoms with van der Waals surface area (Å²) in [5, 5.41) is 2.96. The van der Waals surface area contributed by atoms with Crippen molar-refractivity contribution < 1.29 is 14.3 Å². The summed E-state index contributed by atoms with van der Waals surface area (Å²) >= 11 is 0. The monoisotopic (exact) mass is 305 g/mol. The number of hydrogen-bond acceptors (Lipinski definition) is 5. The molecule has 3 atom stereocenters. The SMILES string of the molecule is Cc1cnc(C(=O)OCC(=O)N[C@H]2CCC[C@@H](C)[C@H]2C)cn1. The number of rotatable bonds is 4. The smallest absolute Gasteiger partial charge is 0.359 e. The first-order valence-corrected chi connectivity index (χ1v) is 7.72. The molecule has 0 bridgehead atoms. The topological polar surface area (TPSA) is 81.2 Å². The minimum atomic E-state index is -0.632. The molecule has 1 aromatic heterocycles. The second-order valence-electron chi connectivity index (χ2n) is 6.06. The minimum Gasteiger partial charge on any atom is -0.451 e. The molecule has 0 spiro atoms. The summed E-state index contributed by atoms with van der Waals surface area (Å²) in [6.07, 6.45) is 6.14. The van der Waals surface area contributed by atoms with E-state index in [9.17, 15) is 9.59 Å². The van der Waals surface area contributed by atoms with Crippen LogP contribution in [0.1, 0.15) is 49.3 Å². The third kappa shape index (κ3) is 4.26. The lowest BCUT2D eigenvalue weighted by molar-refractivity contribution is -0.125. The molecule has 0 radical (unpaired) electrons. The zero-order valence-electron chi connectivity index (χ0n) is 13.3. The molecule has 1 amide bonds. The Hall–Kier alpha value is -1.98. The molecule has 1 aromatic rings. The Morgan fingerprint density at radius 3 is 2.73 bits per heavy atom. The van der Waals surface area contributed by atoms with Gasteiger partial charge >= 0.3 is 5.97 Å². The second-order valence-corrected chi connectivity index (χ2v) is 6.06. The zero-order valence-corrected chi connectivity index (χ0v) is 13.3. The standard InChI is InChI=1S/C16H23N3O3/c1-10-5-4-6-13(12(10)3)19-15(20)9-22-16(21)14-8-17-11(2)7-18-14/h7-8,10,12-13H,4-6,9H2,1-3H3,(H,19,20)/t10-,12-,13+/m1/s1. The van der Waals surface area contributed by atoms with Crippen LogP contribution in [0.15, 0.2) is 12.4 Å². The summed E-state index contributed by atoms with van der Waals surface area (Å²) in [5.41, 5.74) is 0.827. The lowest BCUT2D eigenvalue weighted by Crippen LogP contribution is -2.45. The number of ether oxygens (including phenoxy) is 1. The number of aryl methyl sites for hydroxylation is 1. The number of carbonyl (C=O) groups is 2. The molecule has 1 aliphatic rings. The van der Waals surface area contributed by atoms with Crippen molar-refractivity contribution in [2.24, 2.45) is 11.8 Å². The highest BCUT2D eigenvalue weighted by Crippen LogP contribution is 2.29. The molecule has 1 N–H and O–H groups in total. The van der Waals surface area contributed by atoms with Gasteiger partial charge in [0.25, 0.3) is 5.91 Å². The summed E-state index contributed by atoms with van der Waals surface area (Å²) in [7, 11) is 0. The van der Waals surface area contributed by atoms with Crippen LogP contribution in [0.3, 0.4) is 0 Å². The van der Waals surface area contributed by atoms with E-state index in [-0.39, 0.29) is 24.2 Å². The maximum atomic E-state index is 11.9. The Morgan fingerprint density at radius 1 is 1.27 bits per heavy atom. The van der Waals surface area contributed by atoms with E-state index in [1.807, 2.05) is 0 Å². The fourth-order valence-electron chi connectivity index (χ4n) is 2.74. The number of nitrogens with one attached hydrogen (secondary N) is 1. The van der Waals surface area contributed by atoms with Gasteiger partial charge in [0.1, 0.15) is 0 Å². The zero-order chi connectivity index (χ0) is 16.1. The van der Waals surface area contributed by atoms with Crippen LogP contribution in [-0.4, -0.2) is 34.5 Å². The predicted octanol–water partition coefficient (Wildman–Crippen LogP) is 1.88. The Kier molecular flexibility index (Phi) is 5.46. The van der Waals surface area contributed by atoms with Gasteiger partial charge in [-0.3, -0.25) is 9.78 Å². The molecule has 6 heteroatoms. The van der Waals surface area contributed by atoms with Crippen LogP contribution in [-0.2, 0) is 9.53 Å². The van der Waals surface area contributed by atoms with Crippen LogP contribution >= 0.6 is 0 Å². The molecular weight excluding hydrogens is 282 g/mol. The first-order valence-electron chi connectivity index (χ1n) is 7.72. The van der Waals surface area contributed by atoms with E-state index in [0.29, 0.717) is 11.8 Å². The Balaban J connectivity index is 1.80. The van der Waals surface area contributed by atoms with Gasteiger partial charge in [-0.15, -0.1) is 0 Å². The molecule has 0 unspecified atom stereocenters. The number of hydrogen-bond donors (Lipinski definition) is 1. The average Bonchev–Trinajstić information content (AvgIpc) is 2.50. The van der Waals surface area contributed by atoms with Gasteiger partial charge in [-0.1, -0.05) is 26.7 Å². The molecule has 2 rings (SSSR count). The van der Waals surface area contributed by atoms with Crippen molar-refractivity contribution in [3.8, 4) is 0 Å². The maximum absolute atomic E-state index is 11.9. The van der Waals surface area contributed by atoms with Gasteiger partial charge in [-0.25, -0.2) is 9.78 Å². The summed E-state index contributed by atoms with van der Waals surface area (Å²) < 4.78 is 4.98. The van der Waals surface area contributed by atoms with Crippen LogP contribution in [0.5, 0.6) is 0 Å². The Labute approximate surface area is 130 Å². The summed E-state index contributed by atoms with van der Waals surface area (Å²) in [4.78, 5) is 31.6. The second kappa shape index (κ2) is 7.33. The first-order chi connectivity index (χ1) is 10.5. The third-order valence-electron chi connectivity index (χ3n) is 4.38. The number of carbonyl (C=O) groups excluding carboxylic acids is 2. The summed E-state index contributed by atoms with van der Waals surface area (Å²) in [5.74, 6) is 0.146. The summed E-state index contributed by atoms with van der Waals surface area (Å²) in [6.45, 7) is 5.86. The molecular formula is C16H23N3O3. The van der Waals surface area contributed by atoms with E-state index < -0.39 is 5.97 Å². The number of esters is 1. The number of amides is 1. The highest BCUT2D eigenvalue weighted by molar-refractivity contribution is 5.89. The summed E-state index contributed by atoms with van der Waals surface area (Å²) in [6, 6.07) is 0.161. The van der Waals surface area contributed by atoms with Crippen molar-refractivity contribution in [1.29, 1.82) is 0 Å². The van der Waals surface area contributed by atoms with Crippen LogP contribution in [0, 0.1) is 18.8 Å². The largest absolute Gasteiger partial charge is 0.451 e. The van der Waals surface area contributed by atoms with E-state index in [4.69, 9.17) is 4.74 Å². The van der Waals surface area contributed by atoms with Crippen molar-refractivity contribution in [2.45, 2.75) is 46.1 Å². The predicted molar refractivity (Wildman–Crippen MR) is 81.2 cm³/mol. The van der Waals surface area contributed by atoms with Gasteiger partial charge < -0.3 is 10.1 Å². The maximum Gasteiger partial charge on any atom is 0.359 e. The number of nitrogens with zero attached hydrogens (tertiary/aromatic N) is 2.